The molecule has 1 aliphatic heterocycles. The number of aryl methyl sites for hydroxylation is 1. The highest BCUT2D eigenvalue weighted by atomic mass is 16.6. The van der Waals surface area contributed by atoms with Crippen LogP contribution in [0.15, 0.2) is 18.5 Å². The first-order valence-electron chi connectivity index (χ1n) is 6.97. The fourth-order valence-electron chi connectivity index (χ4n) is 1.73. The van der Waals surface area contributed by atoms with Crippen molar-refractivity contribution in [3.63, 3.8) is 0 Å². The summed E-state index contributed by atoms with van der Waals surface area (Å²) in [7, 11) is 0. The van der Waals surface area contributed by atoms with Gasteiger partial charge in [0.1, 0.15) is 5.60 Å². The molecule has 0 atom stereocenters. The molecule has 2 heterocycles. The lowest BCUT2D eigenvalue weighted by molar-refractivity contribution is 0.0537. The second-order valence-corrected chi connectivity index (χ2v) is 5.89. The number of hydrogen-bond acceptors (Lipinski definition) is 3. The smallest absolute Gasteiger partial charge is 0.418 e. The molecule has 1 aromatic rings. The Labute approximate surface area is 116 Å². The molecule has 19 heavy (non-hydrogen) atoms. The second-order valence-electron chi connectivity index (χ2n) is 5.89. The maximum absolute atomic E-state index is 11.4. The zero-order chi connectivity index (χ0) is 14.3. The molecule has 108 valence electrons. The van der Waals surface area contributed by atoms with E-state index < -0.39 is 5.60 Å². The highest BCUT2D eigenvalue weighted by molar-refractivity contribution is 5.71. The van der Waals surface area contributed by atoms with Crippen molar-refractivity contribution in [1.82, 2.24) is 9.88 Å². The maximum Gasteiger partial charge on any atom is 0.418 e. The van der Waals surface area contributed by atoms with E-state index in [-0.39, 0.29) is 6.09 Å². The van der Waals surface area contributed by atoms with E-state index in [0.717, 1.165) is 5.56 Å². The number of aromatic nitrogens is 1. The molecule has 0 aromatic carbocycles. The molecule has 4 heteroatoms. The molecule has 1 N–H and O–H groups in total. The van der Waals surface area contributed by atoms with Gasteiger partial charge in [0.25, 0.3) is 0 Å². The average Bonchev–Trinajstić information content (AvgIpc) is 2.77. The summed E-state index contributed by atoms with van der Waals surface area (Å²) in [6, 6.07) is 1.86. The Hall–Kier alpha value is -1.29. The first kappa shape index (κ1) is 15.8. The van der Waals surface area contributed by atoms with E-state index >= 15 is 0 Å². The van der Waals surface area contributed by atoms with Crippen molar-refractivity contribution >= 4 is 6.09 Å². The summed E-state index contributed by atoms with van der Waals surface area (Å²) in [4.78, 5) is 11.4. The molecule has 1 saturated heterocycles. The van der Waals surface area contributed by atoms with Gasteiger partial charge in [-0.1, -0.05) is 6.42 Å². The molecular formula is C15H26N2O2. The van der Waals surface area contributed by atoms with Crippen LogP contribution in [0, 0.1) is 6.92 Å². The van der Waals surface area contributed by atoms with Crippen molar-refractivity contribution in [2.75, 3.05) is 13.1 Å². The van der Waals surface area contributed by atoms with E-state index in [0.29, 0.717) is 0 Å². The van der Waals surface area contributed by atoms with Crippen molar-refractivity contribution in [3.8, 4) is 0 Å². The Morgan fingerprint density at radius 2 is 1.89 bits per heavy atom. The number of rotatable bonds is 0. The fraction of sp³-hybridized carbons (Fsp3) is 0.667. The lowest BCUT2D eigenvalue weighted by Gasteiger charge is -2.19. The molecule has 0 aliphatic carbocycles. The van der Waals surface area contributed by atoms with Gasteiger partial charge in [-0.05, 0) is 65.3 Å². The van der Waals surface area contributed by atoms with E-state index in [2.05, 4.69) is 5.32 Å². The number of carbonyl (C=O) groups excluding carboxylic acids is 1. The standard InChI is InChI=1S/C10H15NO2.C5H11N/c1-8-5-6-11(7-8)9(12)13-10(2,3)4;1-2-4-6-5-3-1/h5-7H,1-4H3;6H,1-5H2. The Morgan fingerprint density at radius 3 is 2.21 bits per heavy atom. The number of carbonyl (C=O) groups is 1. The van der Waals surface area contributed by atoms with Crippen LogP contribution in [-0.4, -0.2) is 29.4 Å². The first-order chi connectivity index (χ1) is 8.88. The Balaban J connectivity index is 0.000000250. The summed E-state index contributed by atoms with van der Waals surface area (Å²) >= 11 is 0. The fourth-order valence-corrected chi connectivity index (χ4v) is 1.73. The maximum atomic E-state index is 11.4. The third kappa shape index (κ3) is 7.01. The predicted molar refractivity (Wildman–Crippen MR) is 77.5 cm³/mol. The Morgan fingerprint density at radius 1 is 1.26 bits per heavy atom. The molecule has 0 spiro atoms. The number of nitrogens with one attached hydrogen (secondary N) is 1. The third-order valence-electron chi connectivity index (χ3n) is 2.65. The highest BCUT2D eigenvalue weighted by Crippen LogP contribution is 2.09. The van der Waals surface area contributed by atoms with Crippen molar-refractivity contribution in [3.05, 3.63) is 24.0 Å². The molecule has 0 bridgehead atoms. The third-order valence-corrected chi connectivity index (χ3v) is 2.65. The van der Waals surface area contributed by atoms with E-state index in [1.54, 1.807) is 12.4 Å². The van der Waals surface area contributed by atoms with Crippen LogP contribution in [0.3, 0.4) is 0 Å². The molecule has 0 radical (unpaired) electrons. The van der Waals surface area contributed by atoms with Crippen LogP contribution in [0.1, 0.15) is 45.6 Å². The van der Waals surface area contributed by atoms with Gasteiger partial charge in [-0.15, -0.1) is 0 Å². The van der Waals surface area contributed by atoms with Crippen molar-refractivity contribution in [2.45, 2.75) is 52.6 Å². The number of piperidine rings is 1. The van der Waals surface area contributed by atoms with Crippen molar-refractivity contribution in [2.24, 2.45) is 0 Å². The van der Waals surface area contributed by atoms with Crippen LogP contribution < -0.4 is 5.32 Å². The van der Waals surface area contributed by atoms with Gasteiger partial charge in [-0.2, -0.15) is 0 Å². The summed E-state index contributed by atoms with van der Waals surface area (Å²) in [5, 5.41) is 3.28. The van der Waals surface area contributed by atoms with E-state index in [1.807, 2.05) is 33.8 Å². The number of nitrogens with zero attached hydrogens (tertiary/aromatic N) is 1. The second kappa shape index (κ2) is 7.34. The van der Waals surface area contributed by atoms with Gasteiger partial charge in [0, 0.05) is 12.4 Å². The molecule has 0 amide bonds. The monoisotopic (exact) mass is 266 g/mol. The summed E-state index contributed by atoms with van der Waals surface area (Å²) in [6.45, 7) is 9.98. The molecule has 0 unspecified atom stereocenters. The molecule has 1 aromatic heterocycles. The Kier molecular flexibility index (Phi) is 6.09. The van der Waals surface area contributed by atoms with Gasteiger partial charge < -0.3 is 10.1 Å². The van der Waals surface area contributed by atoms with Gasteiger partial charge in [-0.25, -0.2) is 4.79 Å². The van der Waals surface area contributed by atoms with Crippen molar-refractivity contribution < 1.29 is 9.53 Å². The quantitative estimate of drug-likeness (QED) is 0.783. The molecule has 4 nitrogen and oxygen atoms in total. The summed E-state index contributed by atoms with van der Waals surface area (Å²) in [5.74, 6) is 0. The summed E-state index contributed by atoms with van der Waals surface area (Å²) < 4.78 is 6.61. The van der Waals surface area contributed by atoms with E-state index in [4.69, 9.17) is 4.74 Å². The summed E-state index contributed by atoms with van der Waals surface area (Å²) in [5.41, 5.74) is 0.612. The zero-order valence-corrected chi connectivity index (χ0v) is 12.5. The minimum atomic E-state index is -0.435. The number of hydrogen-bond donors (Lipinski definition) is 1. The normalized spacial score (nSPS) is 15.4. The van der Waals surface area contributed by atoms with Crippen LogP contribution in [0.5, 0.6) is 0 Å². The zero-order valence-electron chi connectivity index (χ0n) is 12.5. The summed E-state index contributed by atoms with van der Waals surface area (Å²) in [6.07, 6.45) is 7.32. The van der Waals surface area contributed by atoms with Crippen LogP contribution in [0.4, 0.5) is 4.79 Å². The highest BCUT2D eigenvalue weighted by Gasteiger charge is 2.16. The van der Waals surface area contributed by atoms with Gasteiger partial charge in [0.15, 0.2) is 0 Å². The van der Waals surface area contributed by atoms with Crippen LogP contribution >= 0.6 is 0 Å². The molecule has 1 aliphatic rings. The lowest BCUT2D eigenvalue weighted by Crippen LogP contribution is -2.26. The van der Waals surface area contributed by atoms with E-state index in [9.17, 15) is 4.79 Å². The molecular weight excluding hydrogens is 240 g/mol. The molecule has 2 rings (SSSR count). The minimum absolute atomic E-state index is 0.333. The number of ether oxygens (including phenoxy) is 1. The Bertz CT molecular complexity index is 376. The molecule has 1 fully saturated rings. The lowest BCUT2D eigenvalue weighted by atomic mass is 10.2. The minimum Gasteiger partial charge on any atom is -0.443 e. The average molecular weight is 266 g/mol. The van der Waals surface area contributed by atoms with Crippen LogP contribution in [0.2, 0.25) is 0 Å². The predicted octanol–water partition coefficient (Wildman–Crippen LogP) is 3.34. The largest absolute Gasteiger partial charge is 0.443 e. The van der Waals surface area contributed by atoms with Crippen LogP contribution in [0.25, 0.3) is 0 Å². The molecule has 0 saturated carbocycles. The van der Waals surface area contributed by atoms with Gasteiger partial charge >= 0.3 is 6.09 Å². The van der Waals surface area contributed by atoms with Gasteiger partial charge in [0.2, 0.25) is 0 Å². The SMILES string of the molecule is C1CCNCC1.Cc1ccn(C(=O)OC(C)(C)C)c1. The van der Waals surface area contributed by atoms with E-state index in [1.165, 1.54) is 36.9 Å². The van der Waals surface area contributed by atoms with Crippen LogP contribution in [-0.2, 0) is 4.74 Å². The van der Waals surface area contributed by atoms with Gasteiger partial charge in [-0.3, -0.25) is 4.57 Å². The van der Waals surface area contributed by atoms with Gasteiger partial charge in [0.05, 0.1) is 0 Å². The van der Waals surface area contributed by atoms with Crippen molar-refractivity contribution in [1.29, 1.82) is 0 Å². The first-order valence-corrected chi connectivity index (χ1v) is 6.97. The topological polar surface area (TPSA) is 43.3 Å².